The highest BCUT2D eigenvalue weighted by molar-refractivity contribution is 5.40. The minimum absolute atomic E-state index is 0.412. The van der Waals surface area contributed by atoms with Gasteiger partial charge >= 0.3 is 0 Å². The maximum Gasteiger partial charge on any atom is 0.147 e. The van der Waals surface area contributed by atoms with Crippen LogP contribution in [0.15, 0.2) is 24.7 Å². The molecule has 3 heterocycles. The van der Waals surface area contributed by atoms with Crippen LogP contribution >= 0.6 is 0 Å². The van der Waals surface area contributed by atoms with Gasteiger partial charge in [0.05, 0.1) is 11.9 Å². The van der Waals surface area contributed by atoms with E-state index in [0.29, 0.717) is 5.92 Å². The number of aromatic nitrogens is 4. The maximum atomic E-state index is 4.62. The molecule has 1 aliphatic rings. The largest absolute Gasteiger partial charge is 0.373 e. The Hall–Kier alpha value is -2.24. The topological polar surface area (TPSA) is 66.8 Å². The van der Waals surface area contributed by atoms with E-state index in [0.717, 1.165) is 49.1 Å². The van der Waals surface area contributed by atoms with Crippen molar-refractivity contribution in [1.29, 1.82) is 0 Å². The molecule has 0 bridgehead atoms. The standard InChI is InChI=1S/C15H20N6/c1-11-19-13(8-14(16-2)20-11)12-4-3-7-21(10-12)15-9-17-5-6-18-15/h5-6,8-9,12H,3-4,7,10H2,1-2H3,(H,16,19,20). The summed E-state index contributed by atoms with van der Waals surface area (Å²) in [4.78, 5) is 19.8. The lowest BCUT2D eigenvalue weighted by atomic mass is 9.94. The van der Waals surface area contributed by atoms with Gasteiger partial charge in [-0.3, -0.25) is 4.98 Å². The smallest absolute Gasteiger partial charge is 0.147 e. The fraction of sp³-hybridized carbons (Fsp3) is 0.467. The third kappa shape index (κ3) is 3.09. The number of nitrogens with one attached hydrogen (secondary N) is 1. The van der Waals surface area contributed by atoms with Gasteiger partial charge in [0.25, 0.3) is 0 Å². The van der Waals surface area contributed by atoms with E-state index in [1.165, 1.54) is 0 Å². The Morgan fingerprint density at radius 1 is 1.29 bits per heavy atom. The molecule has 0 saturated carbocycles. The number of rotatable bonds is 3. The Balaban J connectivity index is 1.81. The van der Waals surface area contributed by atoms with Crippen LogP contribution < -0.4 is 10.2 Å². The van der Waals surface area contributed by atoms with Crippen LogP contribution in [0.3, 0.4) is 0 Å². The molecule has 21 heavy (non-hydrogen) atoms. The number of hydrogen-bond donors (Lipinski definition) is 1. The average Bonchev–Trinajstić information content (AvgIpc) is 2.55. The molecule has 1 fully saturated rings. The van der Waals surface area contributed by atoms with Gasteiger partial charge in [-0.05, 0) is 19.8 Å². The number of nitrogens with zero attached hydrogens (tertiary/aromatic N) is 5. The van der Waals surface area contributed by atoms with E-state index in [-0.39, 0.29) is 0 Å². The van der Waals surface area contributed by atoms with Gasteiger partial charge < -0.3 is 10.2 Å². The van der Waals surface area contributed by atoms with Gasteiger partial charge in [0.15, 0.2) is 0 Å². The lowest BCUT2D eigenvalue weighted by Gasteiger charge is -2.33. The molecule has 0 amide bonds. The molecule has 1 saturated heterocycles. The lowest BCUT2D eigenvalue weighted by molar-refractivity contribution is 0.497. The van der Waals surface area contributed by atoms with Crippen molar-refractivity contribution < 1.29 is 0 Å². The summed E-state index contributed by atoms with van der Waals surface area (Å²) in [5.41, 5.74) is 1.11. The predicted octanol–water partition coefficient (Wildman–Crippen LogP) is 2.00. The minimum atomic E-state index is 0.412. The second-order valence-corrected chi connectivity index (χ2v) is 5.32. The highest BCUT2D eigenvalue weighted by atomic mass is 15.2. The Morgan fingerprint density at radius 3 is 2.95 bits per heavy atom. The van der Waals surface area contributed by atoms with Crippen molar-refractivity contribution in [1.82, 2.24) is 19.9 Å². The van der Waals surface area contributed by atoms with E-state index >= 15 is 0 Å². The summed E-state index contributed by atoms with van der Waals surface area (Å²) in [5, 5.41) is 3.10. The fourth-order valence-electron chi connectivity index (χ4n) is 2.81. The molecule has 0 aromatic carbocycles. The van der Waals surface area contributed by atoms with Gasteiger partial charge in [0.1, 0.15) is 17.5 Å². The van der Waals surface area contributed by atoms with Crippen LogP contribution in [-0.4, -0.2) is 40.1 Å². The molecule has 1 atom stereocenters. The quantitative estimate of drug-likeness (QED) is 0.930. The van der Waals surface area contributed by atoms with Gasteiger partial charge in [0, 0.05) is 44.5 Å². The van der Waals surface area contributed by atoms with Crippen molar-refractivity contribution in [3.63, 3.8) is 0 Å². The number of hydrogen-bond acceptors (Lipinski definition) is 6. The van der Waals surface area contributed by atoms with E-state index in [9.17, 15) is 0 Å². The Bertz CT molecular complexity index is 600. The van der Waals surface area contributed by atoms with Gasteiger partial charge in [0.2, 0.25) is 0 Å². The highest BCUT2D eigenvalue weighted by Gasteiger charge is 2.24. The van der Waals surface area contributed by atoms with Crippen LogP contribution in [0, 0.1) is 6.92 Å². The first-order chi connectivity index (χ1) is 10.3. The molecular weight excluding hydrogens is 264 g/mol. The van der Waals surface area contributed by atoms with Crippen molar-refractivity contribution >= 4 is 11.6 Å². The Kier molecular flexibility index (Phi) is 3.94. The van der Waals surface area contributed by atoms with E-state index < -0.39 is 0 Å². The van der Waals surface area contributed by atoms with Crippen molar-refractivity contribution in [3.8, 4) is 0 Å². The van der Waals surface area contributed by atoms with E-state index in [1.807, 2.05) is 20.2 Å². The summed E-state index contributed by atoms with van der Waals surface area (Å²) in [7, 11) is 1.89. The summed E-state index contributed by atoms with van der Waals surface area (Å²) >= 11 is 0. The summed E-state index contributed by atoms with van der Waals surface area (Å²) in [6.45, 7) is 3.89. The fourth-order valence-corrected chi connectivity index (χ4v) is 2.81. The summed E-state index contributed by atoms with van der Waals surface area (Å²) in [6, 6.07) is 2.05. The van der Waals surface area contributed by atoms with Gasteiger partial charge in [-0.15, -0.1) is 0 Å². The third-order valence-corrected chi connectivity index (χ3v) is 3.83. The second kappa shape index (κ2) is 6.03. The zero-order valence-electron chi connectivity index (χ0n) is 12.5. The van der Waals surface area contributed by atoms with E-state index in [1.54, 1.807) is 12.4 Å². The molecule has 0 spiro atoms. The molecule has 3 rings (SSSR count). The van der Waals surface area contributed by atoms with Gasteiger partial charge in [-0.2, -0.15) is 0 Å². The molecule has 1 N–H and O–H groups in total. The first kappa shape index (κ1) is 13.7. The zero-order valence-corrected chi connectivity index (χ0v) is 12.5. The SMILES string of the molecule is CNc1cc(C2CCCN(c3cnccn3)C2)nc(C)n1. The monoisotopic (exact) mass is 284 g/mol. The Labute approximate surface area is 124 Å². The Morgan fingerprint density at radius 2 is 2.19 bits per heavy atom. The molecule has 110 valence electrons. The summed E-state index contributed by atoms with van der Waals surface area (Å²) < 4.78 is 0. The molecule has 1 unspecified atom stereocenters. The third-order valence-electron chi connectivity index (χ3n) is 3.83. The number of aryl methyl sites for hydroxylation is 1. The minimum Gasteiger partial charge on any atom is -0.373 e. The van der Waals surface area contributed by atoms with Crippen molar-refractivity contribution in [2.75, 3.05) is 30.4 Å². The molecule has 0 aliphatic carbocycles. The van der Waals surface area contributed by atoms with Crippen molar-refractivity contribution in [3.05, 3.63) is 36.2 Å². The highest BCUT2D eigenvalue weighted by Crippen LogP contribution is 2.28. The first-order valence-electron chi connectivity index (χ1n) is 7.30. The van der Waals surface area contributed by atoms with Crippen molar-refractivity contribution in [2.24, 2.45) is 0 Å². The molecule has 0 radical (unpaired) electrons. The second-order valence-electron chi connectivity index (χ2n) is 5.32. The molecule has 6 nitrogen and oxygen atoms in total. The summed E-state index contributed by atoms with van der Waals surface area (Å²) in [6.07, 6.45) is 7.56. The predicted molar refractivity (Wildman–Crippen MR) is 82.5 cm³/mol. The molecular formula is C15H20N6. The van der Waals surface area contributed by atoms with E-state index in [2.05, 4.69) is 36.2 Å². The van der Waals surface area contributed by atoms with Crippen LogP contribution in [0.1, 0.15) is 30.3 Å². The van der Waals surface area contributed by atoms with Gasteiger partial charge in [-0.1, -0.05) is 0 Å². The first-order valence-corrected chi connectivity index (χ1v) is 7.30. The van der Waals surface area contributed by atoms with Crippen molar-refractivity contribution in [2.45, 2.75) is 25.7 Å². The van der Waals surface area contributed by atoms with Crippen LogP contribution in [0.25, 0.3) is 0 Å². The zero-order chi connectivity index (χ0) is 14.7. The number of anilines is 2. The molecule has 6 heteroatoms. The summed E-state index contributed by atoms with van der Waals surface area (Å²) in [5.74, 6) is 3.05. The normalized spacial score (nSPS) is 18.6. The van der Waals surface area contributed by atoms with E-state index in [4.69, 9.17) is 0 Å². The average molecular weight is 284 g/mol. The molecule has 1 aliphatic heterocycles. The number of piperidine rings is 1. The van der Waals surface area contributed by atoms with Crippen LogP contribution in [0.4, 0.5) is 11.6 Å². The van der Waals surface area contributed by atoms with Gasteiger partial charge in [-0.25, -0.2) is 15.0 Å². The molecule has 2 aromatic rings. The van der Waals surface area contributed by atoms with Crippen LogP contribution in [0.5, 0.6) is 0 Å². The lowest BCUT2D eigenvalue weighted by Crippen LogP contribution is -2.35. The van der Waals surface area contributed by atoms with Crippen LogP contribution in [0.2, 0.25) is 0 Å². The maximum absolute atomic E-state index is 4.62. The van der Waals surface area contributed by atoms with Crippen LogP contribution in [-0.2, 0) is 0 Å². The molecule has 2 aromatic heterocycles.